The van der Waals surface area contributed by atoms with E-state index in [0.29, 0.717) is 48.0 Å². The number of fused-ring (bicyclic) bond motifs is 1. The van der Waals surface area contributed by atoms with Crippen LogP contribution in [0.5, 0.6) is 17.2 Å². The average Bonchev–Trinajstić information content (AvgIpc) is 3.64. The number of methoxy groups -OCH3 is 1. The molecule has 2 N–H and O–H groups in total. The zero-order valence-corrected chi connectivity index (χ0v) is 25.7. The maximum Gasteiger partial charge on any atom is 0.309 e. The maximum absolute atomic E-state index is 15.0. The van der Waals surface area contributed by atoms with Crippen LogP contribution in [0.4, 0.5) is 10.1 Å². The molecule has 0 unspecified atom stereocenters. The highest BCUT2D eigenvalue weighted by molar-refractivity contribution is 6.30. The number of benzene rings is 3. The first-order valence-electron chi connectivity index (χ1n) is 14.6. The highest BCUT2D eigenvalue weighted by Gasteiger charge is 2.48. The summed E-state index contributed by atoms with van der Waals surface area (Å²) in [5.41, 5.74) is 3.72. The fourth-order valence-corrected chi connectivity index (χ4v) is 6.40. The molecule has 0 saturated carbocycles. The molecule has 0 aliphatic carbocycles. The molecule has 9 nitrogen and oxygen atoms in total. The minimum atomic E-state index is -1.05. The molecule has 0 spiro atoms. The number of amides is 1. The van der Waals surface area contributed by atoms with Gasteiger partial charge in [-0.2, -0.15) is 0 Å². The minimum absolute atomic E-state index is 0.0110. The fourth-order valence-electron chi connectivity index (χ4n) is 6.14. The van der Waals surface area contributed by atoms with Crippen LogP contribution in [-0.2, 0) is 27.2 Å². The molecule has 1 amide bonds. The summed E-state index contributed by atoms with van der Waals surface area (Å²) in [6.07, 6.45) is 1.35. The zero-order chi connectivity index (χ0) is 31.4. The van der Waals surface area contributed by atoms with Crippen molar-refractivity contribution in [1.29, 1.82) is 0 Å². The number of nitrogens with zero attached hydrogens (tertiary/aromatic N) is 1. The summed E-state index contributed by atoms with van der Waals surface area (Å²) in [5, 5.41) is 14.2. The van der Waals surface area contributed by atoms with Crippen LogP contribution in [0.1, 0.15) is 48.1 Å². The van der Waals surface area contributed by atoms with E-state index in [9.17, 15) is 19.1 Å². The second-order valence-corrected chi connectivity index (χ2v) is 11.3. The van der Waals surface area contributed by atoms with Crippen molar-refractivity contribution in [3.05, 3.63) is 81.6 Å². The van der Waals surface area contributed by atoms with Gasteiger partial charge in [0.15, 0.2) is 11.6 Å². The van der Waals surface area contributed by atoms with Crippen molar-refractivity contribution in [1.82, 2.24) is 4.90 Å². The second-order valence-electron chi connectivity index (χ2n) is 10.8. The topological polar surface area (TPSA) is 107 Å². The number of ether oxygens (including phenoxy) is 4. The van der Waals surface area contributed by atoms with Crippen molar-refractivity contribution < 1.29 is 38.0 Å². The monoisotopic (exact) mass is 626 g/mol. The van der Waals surface area contributed by atoms with Gasteiger partial charge in [0, 0.05) is 36.3 Å². The summed E-state index contributed by atoms with van der Waals surface area (Å²) in [4.78, 5) is 28.4. The molecule has 3 atom stereocenters. The fraction of sp³-hybridized carbons (Fsp3) is 0.394. The molecule has 3 aromatic carbocycles. The van der Waals surface area contributed by atoms with Crippen molar-refractivity contribution >= 4 is 29.2 Å². The molecule has 0 radical (unpaired) electrons. The first-order valence-corrected chi connectivity index (χ1v) is 15.0. The van der Waals surface area contributed by atoms with Gasteiger partial charge in [-0.05, 0) is 71.5 Å². The van der Waals surface area contributed by atoms with Gasteiger partial charge in [-0.15, -0.1) is 0 Å². The summed E-state index contributed by atoms with van der Waals surface area (Å²) >= 11 is 6.32. The molecular weight excluding hydrogens is 591 g/mol. The summed E-state index contributed by atoms with van der Waals surface area (Å²) in [6, 6.07) is 13.1. The Morgan fingerprint density at radius 3 is 2.39 bits per heavy atom. The normalized spacial score (nSPS) is 19.2. The number of aryl methyl sites for hydroxylation is 2. The Morgan fingerprint density at radius 2 is 1.75 bits per heavy atom. The standard InChI is InChI=1S/C33H36ClFN2O7/c1-4-19-12-23(34)13-20(5-2)30(19)36-28(38)17-37-16-25(22-14-26(35)32-27(15-22)43-18-44-32)29(33(39)40)31(37)21-6-8-24(9-7-21)42-11-10-41-3/h6-9,12-15,25,29,31H,4-5,10-11,16-18H2,1-3H3,(H,36,38)(H,39,40)/t25-,29-,31+/m1/s1. The Hall–Kier alpha value is -3.86. The Labute approximate surface area is 260 Å². The van der Waals surface area contributed by atoms with Gasteiger partial charge in [-0.1, -0.05) is 37.6 Å². The molecule has 234 valence electrons. The van der Waals surface area contributed by atoms with Crippen molar-refractivity contribution in [3.8, 4) is 17.2 Å². The van der Waals surface area contributed by atoms with Crippen LogP contribution < -0.4 is 19.5 Å². The number of nitrogens with one attached hydrogen (secondary N) is 1. The van der Waals surface area contributed by atoms with Crippen molar-refractivity contribution in [2.75, 3.05) is 45.5 Å². The maximum atomic E-state index is 15.0. The zero-order valence-electron chi connectivity index (χ0n) is 24.9. The third-order valence-electron chi connectivity index (χ3n) is 8.18. The molecule has 0 bridgehead atoms. The van der Waals surface area contributed by atoms with Gasteiger partial charge in [0.25, 0.3) is 0 Å². The van der Waals surface area contributed by atoms with Gasteiger partial charge in [0.2, 0.25) is 18.4 Å². The summed E-state index contributed by atoms with van der Waals surface area (Å²) in [5.74, 6) is -2.74. The number of carboxylic acid groups (broad SMARTS) is 1. The summed E-state index contributed by atoms with van der Waals surface area (Å²) in [6.45, 7) is 4.78. The van der Waals surface area contributed by atoms with E-state index in [1.54, 1.807) is 37.4 Å². The van der Waals surface area contributed by atoms with Crippen molar-refractivity contribution in [2.24, 2.45) is 5.92 Å². The summed E-state index contributed by atoms with van der Waals surface area (Å²) in [7, 11) is 1.59. The van der Waals surface area contributed by atoms with E-state index in [1.165, 1.54) is 6.07 Å². The lowest BCUT2D eigenvalue weighted by Crippen LogP contribution is -2.35. The van der Waals surface area contributed by atoms with Gasteiger partial charge in [0.1, 0.15) is 12.4 Å². The van der Waals surface area contributed by atoms with E-state index in [2.05, 4.69) is 5.32 Å². The van der Waals surface area contributed by atoms with E-state index in [0.717, 1.165) is 16.8 Å². The van der Waals surface area contributed by atoms with Crippen LogP contribution in [0.2, 0.25) is 5.02 Å². The number of carbonyl (C=O) groups excluding carboxylic acids is 1. The third-order valence-corrected chi connectivity index (χ3v) is 8.40. The molecule has 11 heteroatoms. The number of carbonyl (C=O) groups is 2. The number of anilines is 1. The van der Waals surface area contributed by atoms with E-state index in [1.807, 2.05) is 30.9 Å². The lowest BCUT2D eigenvalue weighted by molar-refractivity contribution is -0.143. The number of rotatable bonds is 12. The lowest BCUT2D eigenvalue weighted by atomic mass is 9.82. The van der Waals surface area contributed by atoms with Crippen LogP contribution >= 0.6 is 11.6 Å². The third kappa shape index (κ3) is 6.62. The van der Waals surface area contributed by atoms with E-state index in [4.69, 9.17) is 30.5 Å². The average molecular weight is 627 g/mol. The Kier molecular flexibility index (Phi) is 9.93. The molecule has 0 aromatic heterocycles. The van der Waals surface area contributed by atoms with Gasteiger partial charge in [-0.25, -0.2) is 4.39 Å². The SMILES string of the molecule is CCc1cc(Cl)cc(CC)c1NC(=O)CN1C[C@H](c2cc(F)c3c(c2)OCO3)[C@@H](C(=O)O)[C@@H]1c1ccc(OCCOC)cc1. The number of hydrogen-bond donors (Lipinski definition) is 2. The lowest BCUT2D eigenvalue weighted by Gasteiger charge is -2.27. The molecule has 2 aliphatic rings. The molecule has 2 heterocycles. The Bertz CT molecular complexity index is 1490. The van der Waals surface area contributed by atoms with Crippen molar-refractivity contribution in [3.63, 3.8) is 0 Å². The van der Waals surface area contributed by atoms with Gasteiger partial charge < -0.3 is 29.4 Å². The predicted molar refractivity (Wildman–Crippen MR) is 163 cm³/mol. The number of likely N-dealkylation sites (tertiary alicyclic amines) is 1. The van der Waals surface area contributed by atoms with Crippen LogP contribution in [0.15, 0.2) is 48.5 Å². The van der Waals surface area contributed by atoms with E-state index < -0.39 is 29.7 Å². The smallest absolute Gasteiger partial charge is 0.309 e. The van der Waals surface area contributed by atoms with Crippen LogP contribution in [0.3, 0.4) is 0 Å². The largest absolute Gasteiger partial charge is 0.491 e. The highest BCUT2D eigenvalue weighted by atomic mass is 35.5. The highest BCUT2D eigenvalue weighted by Crippen LogP contribution is 2.48. The van der Waals surface area contributed by atoms with Gasteiger partial charge in [-0.3, -0.25) is 14.5 Å². The molecule has 1 saturated heterocycles. The van der Waals surface area contributed by atoms with Crippen LogP contribution in [0.25, 0.3) is 0 Å². The van der Waals surface area contributed by atoms with Gasteiger partial charge >= 0.3 is 5.97 Å². The molecule has 2 aliphatic heterocycles. The van der Waals surface area contributed by atoms with E-state index in [-0.39, 0.29) is 37.3 Å². The van der Waals surface area contributed by atoms with Crippen LogP contribution in [0, 0.1) is 11.7 Å². The van der Waals surface area contributed by atoms with Crippen LogP contribution in [-0.4, -0.2) is 62.1 Å². The Balaban J connectivity index is 1.48. The number of aliphatic carboxylic acids is 1. The number of carboxylic acids is 1. The second kappa shape index (κ2) is 13.8. The molecule has 3 aromatic rings. The van der Waals surface area contributed by atoms with E-state index >= 15 is 0 Å². The first kappa shape index (κ1) is 31.6. The first-order chi connectivity index (χ1) is 21.2. The molecule has 1 fully saturated rings. The Morgan fingerprint density at radius 1 is 1.05 bits per heavy atom. The molecule has 44 heavy (non-hydrogen) atoms. The molecule has 5 rings (SSSR count). The number of halogens is 2. The minimum Gasteiger partial charge on any atom is -0.491 e. The molecular formula is C33H36ClFN2O7. The quantitative estimate of drug-likeness (QED) is 0.242. The number of hydrogen-bond acceptors (Lipinski definition) is 7. The van der Waals surface area contributed by atoms with Crippen molar-refractivity contribution in [2.45, 2.75) is 38.6 Å². The summed E-state index contributed by atoms with van der Waals surface area (Å²) < 4.78 is 36.4. The predicted octanol–water partition coefficient (Wildman–Crippen LogP) is 5.84. The van der Waals surface area contributed by atoms with Gasteiger partial charge in [0.05, 0.1) is 19.1 Å².